The minimum atomic E-state index is -1.46. The van der Waals surface area contributed by atoms with Crippen LogP contribution in [0, 0.1) is 0 Å². The fourth-order valence-corrected chi connectivity index (χ4v) is 2.27. The highest BCUT2D eigenvalue weighted by Crippen LogP contribution is 2.30. The molecular weight excluding hydrogens is 191 g/mol. The molecule has 1 fully saturated rings. The van der Waals surface area contributed by atoms with Crippen molar-refractivity contribution >= 4 is 12.6 Å². The van der Waals surface area contributed by atoms with E-state index in [-0.39, 0.29) is 0 Å². The van der Waals surface area contributed by atoms with E-state index < -0.39 is 7.12 Å². The maximum Gasteiger partial charge on any atom is 0.491 e. The first-order valence-corrected chi connectivity index (χ1v) is 5.45. The van der Waals surface area contributed by atoms with Gasteiger partial charge >= 0.3 is 7.12 Å². The lowest BCUT2D eigenvalue weighted by Crippen LogP contribution is -2.35. The molecule has 5 heteroatoms. The molecule has 0 radical (unpaired) electrons. The van der Waals surface area contributed by atoms with Crippen molar-refractivity contribution in [3.8, 4) is 0 Å². The summed E-state index contributed by atoms with van der Waals surface area (Å²) in [6.07, 6.45) is 8.86. The van der Waals surface area contributed by atoms with Gasteiger partial charge in [0.15, 0.2) is 0 Å². The Morgan fingerprint density at radius 2 is 1.93 bits per heavy atom. The summed E-state index contributed by atoms with van der Waals surface area (Å²) >= 11 is 0. The summed E-state index contributed by atoms with van der Waals surface area (Å²) in [5, 5.41) is 18.4. The molecule has 1 saturated carbocycles. The molecule has 1 aromatic heterocycles. The van der Waals surface area contributed by atoms with Gasteiger partial charge in [0.25, 0.3) is 0 Å². The van der Waals surface area contributed by atoms with Crippen molar-refractivity contribution in [1.29, 1.82) is 0 Å². The van der Waals surface area contributed by atoms with Crippen molar-refractivity contribution in [1.82, 2.24) is 9.97 Å². The SMILES string of the molecule is OB(O)c1cncnc1C1CCCCC1. The van der Waals surface area contributed by atoms with Crippen LogP contribution in [-0.4, -0.2) is 27.1 Å². The van der Waals surface area contributed by atoms with Gasteiger partial charge in [0.05, 0.1) is 0 Å². The highest BCUT2D eigenvalue weighted by Gasteiger charge is 2.24. The summed E-state index contributed by atoms with van der Waals surface area (Å²) in [7, 11) is -1.46. The quantitative estimate of drug-likeness (QED) is 0.678. The molecule has 0 bridgehead atoms. The van der Waals surface area contributed by atoms with E-state index in [0.717, 1.165) is 18.5 Å². The fourth-order valence-electron chi connectivity index (χ4n) is 2.27. The molecule has 4 nitrogen and oxygen atoms in total. The molecule has 2 rings (SSSR count). The topological polar surface area (TPSA) is 66.2 Å². The second-order valence-corrected chi connectivity index (χ2v) is 4.07. The summed E-state index contributed by atoms with van der Waals surface area (Å²) in [5.74, 6) is 0.374. The van der Waals surface area contributed by atoms with Crippen molar-refractivity contribution in [2.45, 2.75) is 38.0 Å². The van der Waals surface area contributed by atoms with E-state index in [9.17, 15) is 10.0 Å². The molecule has 0 amide bonds. The zero-order valence-electron chi connectivity index (χ0n) is 8.63. The third-order valence-corrected chi connectivity index (χ3v) is 3.04. The van der Waals surface area contributed by atoms with Gasteiger partial charge in [0.1, 0.15) is 6.33 Å². The van der Waals surface area contributed by atoms with E-state index in [1.54, 1.807) is 0 Å². The van der Waals surface area contributed by atoms with Crippen LogP contribution in [0.5, 0.6) is 0 Å². The molecule has 15 heavy (non-hydrogen) atoms. The second kappa shape index (κ2) is 4.72. The summed E-state index contributed by atoms with van der Waals surface area (Å²) in [6, 6.07) is 0. The smallest absolute Gasteiger partial charge is 0.423 e. The second-order valence-electron chi connectivity index (χ2n) is 4.07. The van der Waals surface area contributed by atoms with Gasteiger partial charge in [-0.25, -0.2) is 9.97 Å². The van der Waals surface area contributed by atoms with Gasteiger partial charge in [-0.15, -0.1) is 0 Å². The summed E-state index contributed by atoms with van der Waals surface area (Å²) in [5.41, 5.74) is 1.28. The average Bonchev–Trinajstić information content (AvgIpc) is 2.30. The Bertz CT molecular complexity index is 327. The van der Waals surface area contributed by atoms with Crippen LogP contribution in [0.15, 0.2) is 12.5 Å². The predicted octanol–water partition coefficient (Wildman–Crippen LogP) is 0.204. The molecule has 0 aliphatic heterocycles. The van der Waals surface area contributed by atoms with Gasteiger partial charge < -0.3 is 10.0 Å². The van der Waals surface area contributed by atoms with Crippen LogP contribution in [0.25, 0.3) is 0 Å². The zero-order valence-corrected chi connectivity index (χ0v) is 8.63. The van der Waals surface area contributed by atoms with Gasteiger partial charge in [0.2, 0.25) is 0 Å². The lowest BCUT2D eigenvalue weighted by Gasteiger charge is -2.22. The molecule has 0 aromatic carbocycles. The van der Waals surface area contributed by atoms with Gasteiger partial charge in [-0.1, -0.05) is 19.3 Å². The normalized spacial score (nSPS) is 17.7. The molecule has 0 unspecified atom stereocenters. The van der Waals surface area contributed by atoms with Crippen LogP contribution in [0.2, 0.25) is 0 Å². The molecule has 2 N–H and O–H groups in total. The molecule has 0 atom stereocenters. The van der Waals surface area contributed by atoms with Crippen molar-refractivity contribution in [3.05, 3.63) is 18.2 Å². The standard InChI is InChI=1S/C10H15BN2O2/c14-11(15)9-6-12-7-13-10(9)8-4-2-1-3-5-8/h6-8,14-15H,1-5H2. The average molecular weight is 206 g/mol. The molecular formula is C10H15BN2O2. The minimum absolute atomic E-state index is 0.374. The number of aromatic nitrogens is 2. The summed E-state index contributed by atoms with van der Waals surface area (Å²) in [6.45, 7) is 0. The Morgan fingerprint density at radius 1 is 1.20 bits per heavy atom. The van der Waals surface area contributed by atoms with Crippen LogP contribution in [0.4, 0.5) is 0 Å². The zero-order chi connectivity index (χ0) is 10.7. The Balaban J connectivity index is 2.25. The Labute approximate surface area is 89.5 Å². The van der Waals surface area contributed by atoms with Gasteiger partial charge in [-0.2, -0.15) is 0 Å². The molecule has 1 heterocycles. The number of rotatable bonds is 2. The van der Waals surface area contributed by atoms with Gasteiger partial charge in [-0.3, -0.25) is 0 Å². The first kappa shape index (κ1) is 10.6. The third kappa shape index (κ3) is 2.35. The van der Waals surface area contributed by atoms with Gasteiger partial charge in [-0.05, 0) is 12.8 Å². The van der Waals surface area contributed by atoms with E-state index in [0.29, 0.717) is 11.4 Å². The van der Waals surface area contributed by atoms with Crippen LogP contribution in [-0.2, 0) is 0 Å². The van der Waals surface area contributed by atoms with E-state index in [1.807, 2.05) is 0 Å². The van der Waals surface area contributed by atoms with E-state index in [2.05, 4.69) is 9.97 Å². The van der Waals surface area contributed by atoms with E-state index >= 15 is 0 Å². The van der Waals surface area contributed by atoms with Gasteiger partial charge in [0, 0.05) is 23.3 Å². The third-order valence-electron chi connectivity index (χ3n) is 3.04. The molecule has 1 aromatic rings. The largest absolute Gasteiger partial charge is 0.491 e. The fraction of sp³-hybridized carbons (Fsp3) is 0.600. The molecule has 0 spiro atoms. The summed E-state index contributed by atoms with van der Waals surface area (Å²) < 4.78 is 0. The minimum Gasteiger partial charge on any atom is -0.423 e. The van der Waals surface area contributed by atoms with Crippen molar-refractivity contribution in [3.63, 3.8) is 0 Å². The monoisotopic (exact) mass is 206 g/mol. The number of hydrogen-bond acceptors (Lipinski definition) is 4. The van der Waals surface area contributed by atoms with Crippen molar-refractivity contribution in [2.24, 2.45) is 0 Å². The molecule has 80 valence electrons. The van der Waals surface area contributed by atoms with Crippen LogP contribution in [0.3, 0.4) is 0 Å². The lowest BCUT2D eigenvalue weighted by molar-refractivity contribution is 0.417. The number of nitrogens with zero attached hydrogens (tertiary/aromatic N) is 2. The molecule has 1 aliphatic rings. The molecule has 0 saturated heterocycles. The first-order valence-electron chi connectivity index (χ1n) is 5.45. The Hall–Kier alpha value is -0.935. The van der Waals surface area contributed by atoms with E-state index in [1.165, 1.54) is 31.8 Å². The Morgan fingerprint density at radius 3 is 2.60 bits per heavy atom. The maximum absolute atomic E-state index is 9.21. The van der Waals surface area contributed by atoms with Crippen molar-refractivity contribution < 1.29 is 10.0 Å². The number of hydrogen-bond donors (Lipinski definition) is 2. The highest BCUT2D eigenvalue weighted by molar-refractivity contribution is 6.59. The predicted molar refractivity (Wildman–Crippen MR) is 57.7 cm³/mol. The maximum atomic E-state index is 9.21. The van der Waals surface area contributed by atoms with Crippen LogP contribution < -0.4 is 5.46 Å². The Kier molecular flexibility index (Phi) is 3.33. The van der Waals surface area contributed by atoms with E-state index in [4.69, 9.17) is 0 Å². The lowest BCUT2D eigenvalue weighted by atomic mass is 9.74. The van der Waals surface area contributed by atoms with Crippen LogP contribution in [0.1, 0.15) is 43.7 Å². The first-order chi connectivity index (χ1) is 7.29. The highest BCUT2D eigenvalue weighted by atomic mass is 16.4. The van der Waals surface area contributed by atoms with Crippen LogP contribution >= 0.6 is 0 Å². The molecule has 1 aliphatic carbocycles. The van der Waals surface area contributed by atoms with Crippen molar-refractivity contribution in [2.75, 3.05) is 0 Å². The summed E-state index contributed by atoms with van der Waals surface area (Å²) in [4.78, 5) is 8.02.